The molecule has 0 aromatic heterocycles. The van der Waals surface area contributed by atoms with E-state index < -0.39 is 5.41 Å². The molecule has 0 aromatic carbocycles. The minimum absolute atomic E-state index is 0.0340. The monoisotopic (exact) mass is 429 g/mol. The van der Waals surface area contributed by atoms with Crippen LogP contribution < -0.4 is 0 Å². The van der Waals surface area contributed by atoms with Crippen molar-refractivity contribution in [3.8, 4) is 0 Å². The molecule has 4 bridgehead atoms. The predicted molar refractivity (Wildman–Crippen MR) is 118 cm³/mol. The van der Waals surface area contributed by atoms with Crippen molar-refractivity contribution < 1.29 is 19.1 Å². The van der Waals surface area contributed by atoms with Gasteiger partial charge in [0.05, 0.1) is 0 Å². The SMILES string of the molecule is CC(C)CC1(C(=O)OC2CCCCC2)C=CN(C(=O)OC23CC4CC(CC(C4)C2)C3)C1. The highest BCUT2D eigenvalue weighted by Gasteiger charge is 2.54. The maximum Gasteiger partial charge on any atom is 0.414 e. The molecule has 5 saturated carbocycles. The average molecular weight is 430 g/mol. The lowest BCUT2D eigenvalue weighted by Crippen LogP contribution is -2.54. The lowest BCUT2D eigenvalue weighted by atomic mass is 9.54. The number of hydrogen-bond donors (Lipinski definition) is 0. The molecule has 172 valence electrons. The maximum absolute atomic E-state index is 13.3. The van der Waals surface area contributed by atoms with E-state index in [-0.39, 0.29) is 23.8 Å². The van der Waals surface area contributed by atoms with E-state index in [4.69, 9.17) is 9.47 Å². The molecule has 0 spiro atoms. The standard InChI is InChI=1S/C26H39NO4/c1-18(2)13-25(23(28)30-22-6-4-3-5-7-22)8-9-27(17-25)24(29)31-26-14-19-10-20(15-26)12-21(11-19)16-26/h8-9,18-22H,3-7,10-17H2,1-2H3. The van der Waals surface area contributed by atoms with Crippen molar-refractivity contribution >= 4 is 12.1 Å². The molecule has 5 aliphatic carbocycles. The van der Waals surface area contributed by atoms with Crippen LogP contribution in [-0.4, -0.2) is 35.2 Å². The van der Waals surface area contributed by atoms with Gasteiger partial charge in [-0.2, -0.15) is 0 Å². The van der Waals surface area contributed by atoms with E-state index in [2.05, 4.69) is 13.8 Å². The van der Waals surface area contributed by atoms with Crippen LogP contribution in [0.3, 0.4) is 0 Å². The molecule has 1 unspecified atom stereocenters. The molecule has 1 heterocycles. The van der Waals surface area contributed by atoms with Crippen LogP contribution in [0.1, 0.15) is 90.9 Å². The van der Waals surface area contributed by atoms with Crippen molar-refractivity contribution in [1.29, 1.82) is 0 Å². The molecule has 0 saturated heterocycles. The molecule has 6 aliphatic rings. The first-order chi connectivity index (χ1) is 14.8. The fraction of sp³-hybridized carbons (Fsp3) is 0.846. The molecule has 0 radical (unpaired) electrons. The molecule has 6 rings (SSSR count). The van der Waals surface area contributed by atoms with Crippen LogP contribution in [0.4, 0.5) is 4.79 Å². The maximum atomic E-state index is 13.3. The second-order valence-electron chi connectivity index (χ2n) is 11.8. The van der Waals surface area contributed by atoms with Gasteiger partial charge in [0.2, 0.25) is 0 Å². The van der Waals surface area contributed by atoms with Gasteiger partial charge in [0, 0.05) is 12.7 Å². The molecular formula is C26H39NO4. The molecular weight excluding hydrogens is 390 g/mol. The van der Waals surface area contributed by atoms with Gasteiger partial charge < -0.3 is 9.47 Å². The number of hydrogen-bond acceptors (Lipinski definition) is 4. The summed E-state index contributed by atoms with van der Waals surface area (Å²) in [6.07, 6.45) is 16.6. The van der Waals surface area contributed by atoms with Gasteiger partial charge in [0.15, 0.2) is 0 Å². The van der Waals surface area contributed by atoms with Crippen molar-refractivity contribution in [3.63, 3.8) is 0 Å². The molecule has 5 heteroatoms. The van der Waals surface area contributed by atoms with Crippen molar-refractivity contribution in [1.82, 2.24) is 4.90 Å². The molecule has 0 aromatic rings. The first-order valence-electron chi connectivity index (χ1n) is 12.7. The summed E-state index contributed by atoms with van der Waals surface area (Å²) < 4.78 is 12.2. The molecule has 1 aliphatic heterocycles. The highest BCUT2D eigenvalue weighted by Crippen LogP contribution is 2.57. The van der Waals surface area contributed by atoms with Gasteiger partial charge in [-0.1, -0.05) is 20.3 Å². The number of ether oxygens (including phenoxy) is 2. The zero-order valence-corrected chi connectivity index (χ0v) is 19.3. The zero-order valence-electron chi connectivity index (χ0n) is 19.3. The third-order valence-corrected chi connectivity index (χ3v) is 8.55. The van der Waals surface area contributed by atoms with Crippen LogP contribution in [0.15, 0.2) is 12.3 Å². The quantitative estimate of drug-likeness (QED) is 0.516. The Kier molecular flexibility index (Phi) is 5.58. The van der Waals surface area contributed by atoms with Crippen LogP contribution >= 0.6 is 0 Å². The van der Waals surface area contributed by atoms with Gasteiger partial charge in [0.25, 0.3) is 0 Å². The Morgan fingerprint density at radius 2 is 1.61 bits per heavy atom. The molecule has 5 nitrogen and oxygen atoms in total. The van der Waals surface area contributed by atoms with Gasteiger partial charge in [-0.15, -0.1) is 0 Å². The number of carbonyl (C=O) groups is 2. The number of carbonyl (C=O) groups excluding carboxylic acids is 2. The predicted octanol–water partition coefficient (Wildman–Crippen LogP) is 5.83. The summed E-state index contributed by atoms with van der Waals surface area (Å²) >= 11 is 0. The molecule has 1 amide bonds. The summed E-state index contributed by atoms with van der Waals surface area (Å²) in [5.74, 6) is 2.38. The Balaban J connectivity index is 1.25. The van der Waals surface area contributed by atoms with Crippen molar-refractivity contribution in [2.45, 2.75) is 103 Å². The number of rotatable bonds is 5. The van der Waals surface area contributed by atoms with E-state index in [1.54, 1.807) is 11.1 Å². The Labute approximate surface area is 186 Å². The number of nitrogens with zero attached hydrogens (tertiary/aromatic N) is 1. The summed E-state index contributed by atoms with van der Waals surface area (Å²) in [4.78, 5) is 28.2. The fourth-order valence-corrected chi connectivity index (χ4v) is 7.70. The summed E-state index contributed by atoms with van der Waals surface area (Å²) in [6, 6.07) is 0. The minimum atomic E-state index is -0.744. The average Bonchev–Trinajstić information content (AvgIpc) is 3.12. The Morgan fingerprint density at radius 1 is 1.00 bits per heavy atom. The van der Waals surface area contributed by atoms with Gasteiger partial charge in [-0.05, 0) is 100 Å². The van der Waals surface area contributed by atoms with Crippen LogP contribution in [0.5, 0.6) is 0 Å². The van der Waals surface area contributed by atoms with Gasteiger partial charge >= 0.3 is 12.1 Å². The lowest BCUT2D eigenvalue weighted by molar-refractivity contribution is -0.161. The molecule has 0 N–H and O–H groups in total. The first-order valence-corrected chi connectivity index (χ1v) is 12.7. The van der Waals surface area contributed by atoms with E-state index in [1.165, 1.54) is 25.7 Å². The van der Waals surface area contributed by atoms with Gasteiger partial charge in [-0.25, -0.2) is 4.79 Å². The number of esters is 1. The molecule has 1 atom stereocenters. The third kappa shape index (κ3) is 4.26. The van der Waals surface area contributed by atoms with Crippen LogP contribution in [-0.2, 0) is 14.3 Å². The Morgan fingerprint density at radius 3 is 2.19 bits per heavy atom. The molecule has 31 heavy (non-hydrogen) atoms. The van der Waals surface area contributed by atoms with E-state index in [0.29, 0.717) is 18.9 Å². The topological polar surface area (TPSA) is 55.8 Å². The summed E-state index contributed by atoms with van der Waals surface area (Å²) in [5, 5.41) is 0. The first kappa shape index (κ1) is 21.3. The Hall–Kier alpha value is -1.52. The van der Waals surface area contributed by atoms with E-state index in [1.807, 2.05) is 6.08 Å². The van der Waals surface area contributed by atoms with Gasteiger partial charge in [-0.3, -0.25) is 9.69 Å². The van der Waals surface area contributed by atoms with Crippen LogP contribution in [0.25, 0.3) is 0 Å². The number of amides is 1. The normalized spacial score (nSPS) is 39.3. The zero-order chi connectivity index (χ0) is 21.6. The second kappa shape index (κ2) is 8.12. The highest BCUT2D eigenvalue weighted by atomic mass is 16.6. The van der Waals surface area contributed by atoms with Crippen LogP contribution in [0, 0.1) is 29.1 Å². The highest BCUT2D eigenvalue weighted by molar-refractivity contribution is 5.82. The van der Waals surface area contributed by atoms with Crippen molar-refractivity contribution in [3.05, 3.63) is 12.3 Å². The second-order valence-corrected chi connectivity index (χ2v) is 11.8. The van der Waals surface area contributed by atoms with Crippen molar-refractivity contribution in [2.75, 3.05) is 6.54 Å². The Bertz CT molecular complexity index is 702. The smallest absolute Gasteiger partial charge is 0.414 e. The largest absolute Gasteiger partial charge is 0.462 e. The lowest BCUT2D eigenvalue weighted by Gasteiger charge is -2.55. The summed E-state index contributed by atoms with van der Waals surface area (Å²) in [5.41, 5.74) is -1.00. The van der Waals surface area contributed by atoms with E-state index in [0.717, 1.165) is 62.7 Å². The van der Waals surface area contributed by atoms with E-state index in [9.17, 15) is 9.59 Å². The molecule has 5 fully saturated rings. The van der Waals surface area contributed by atoms with Gasteiger partial charge in [0.1, 0.15) is 17.1 Å². The fourth-order valence-electron chi connectivity index (χ4n) is 7.70. The van der Waals surface area contributed by atoms with E-state index >= 15 is 0 Å². The summed E-state index contributed by atoms with van der Waals surface area (Å²) in [7, 11) is 0. The minimum Gasteiger partial charge on any atom is -0.462 e. The third-order valence-electron chi connectivity index (χ3n) is 8.55. The van der Waals surface area contributed by atoms with Crippen molar-refractivity contribution in [2.24, 2.45) is 29.1 Å². The van der Waals surface area contributed by atoms with Crippen LogP contribution in [0.2, 0.25) is 0 Å². The summed E-state index contributed by atoms with van der Waals surface area (Å²) in [6.45, 7) is 4.60.